The number of carbonyl (C=O) groups excluding carboxylic acids is 2. The molecule has 0 aromatic heterocycles. The lowest BCUT2D eigenvalue weighted by Gasteiger charge is -2.25. The lowest BCUT2D eigenvalue weighted by Crippen LogP contribution is -2.39. The number of amides is 2. The molecule has 1 N–H and O–H groups in total. The standard InChI is InChI=1S/C19H19ClN2O2/c1-22(17-11-10-13-6-2-3-7-14(13)17)18(23)12-21-19(24)15-8-4-5-9-16(15)20/h2-9,17H,10-12H2,1H3,(H,21,24). The molecule has 2 aromatic carbocycles. The van der Waals surface area contributed by atoms with Crippen molar-refractivity contribution in [2.75, 3.05) is 13.6 Å². The van der Waals surface area contributed by atoms with E-state index in [1.165, 1.54) is 11.1 Å². The smallest absolute Gasteiger partial charge is 0.253 e. The van der Waals surface area contributed by atoms with E-state index in [4.69, 9.17) is 11.6 Å². The fraction of sp³-hybridized carbons (Fsp3) is 0.263. The number of benzene rings is 2. The van der Waals surface area contributed by atoms with Crippen molar-refractivity contribution in [3.05, 3.63) is 70.2 Å². The zero-order valence-corrected chi connectivity index (χ0v) is 14.2. The number of aryl methyl sites for hydroxylation is 1. The van der Waals surface area contributed by atoms with Gasteiger partial charge in [0.15, 0.2) is 0 Å². The minimum Gasteiger partial charge on any atom is -0.343 e. The molecule has 5 heteroatoms. The van der Waals surface area contributed by atoms with Crippen molar-refractivity contribution >= 4 is 23.4 Å². The Kier molecular flexibility index (Phi) is 4.86. The van der Waals surface area contributed by atoms with Gasteiger partial charge in [-0.2, -0.15) is 0 Å². The van der Waals surface area contributed by atoms with Crippen LogP contribution < -0.4 is 5.32 Å². The number of hydrogen-bond donors (Lipinski definition) is 1. The summed E-state index contributed by atoms with van der Waals surface area (Å²) in [5, 5.41) is 3.03. The molecule has 0 heterocycles. The number of fused-ring (bicyclic) bond motifs is 1. The van der Waals surface area contributed by atoms with E-state index < -0.39 is 0 Å². The van der Waals surface area contributed by atoms with Gasteiger partial charge in [0.1, 0.15) is 0 Å². The van der Waals surface area contributed by atoms with Crippen molar-refractivity contribution in [1.29, 1.82) is 0 Å². The second kappa shape index (κ2) is 7.05. The van der Waals surface area contributed by atoms with Gasteiger partial charge in [-0.05, 0) is 36.1 Å². The van der Waals surface area contributed by atoms with Gasteiger partial charge in [-0.1, -0.05) is 48.0 Å². The highest BCUT2D eigenvalue weighted by atomic mass is 35.5. The van der Waals surface area contributed by atoms with Crippen LogP contribution in [0.1, 0.15) is 33.9 Å². The number of likely N-dealkylation sites (N-methyl/N-ethyl adjacent to an activating group) is 1. The Morgan fingerprint density at radius 3 is 2.67 bits per heavy atom. The van der Waals surface area contributed by atoms with Crippen LogP contribution in [-0.2, 0) is 11.2 Å². The summed E-state index contributed by atoms with van der Waals surface area (Å²) in [5.74, 6) is -0.453. The zero-order valence-electron chi connectivity index (χ0n) is 13.5. The number of rotatable bonds is 4. The molecule has 1 atom stereocenters. The Morgan fingerprint density at radius 2 is 1.88 bits per heavy atom. The van der Waals surface area contributed by atoms with Crippen LogP contribution in [0, 0.1) is 0 Å². The number of halogens is 1. The predicted octanol–water partition coefficient (Wildman–Crippen LogP) is 3.22. The van der Waals surface area contributed by atoms with E-state index in [9.17, 15) is 9.59 Å². The number of carbonyl (C=O) groups is 2. The van der Waals surface area contributed by atoms with Crippen LogP contribution in [0.2, 0.25) is 5.02 Å². The third-order valence-electron chi connectivity index (χ3n) is 4.48. The summed E-state index contributed by atoms with van der Waals surface area (Å²) in [6, 6.07) is 15.1. The Hall–Kier alpha value is -2.33. The van der Waals surface area contributed by atoms with Gasteiger partial charge < -0.3 is 10.2 Å². The molecule has 24 heavy (non-hydrogen) atoms. The van der Waals surface area contributed by atoms with Gasteiger partial charge in [-0.15, -0.1) is 0 Å². The fourth-order valence-corrected chi connectivity index (χ4v) is 3.35. The number of hydrogen-bond acceptors (Lipinski definition) is 2. The molecule has 0 radical (unpaired) electrons. The third-order valence-corrected chi connectivity index (χ3v) is 4.81. The minimum atomic E-state index is -0.339. The van der Waals surface area contributed by atoms with Gasteiger partial charge in [0.2, 0.25) is 5.91 Å². The summed E-state index contributed by atoms with van der Waals surface area (Å²) < 4.78 is 0. The first-order chi connectivity index (χ1) is 11.6. The van der Waals surface area contributed by atoms with Crippen LogP contribution in [-0.4, -0.2) is 30.3 Å². The van der Waals surface area contributed by atoms with Crippen molar-refractivity contribution in [1.82, 2.24) is 10.2 Å². The van der Waals surface area contributed by atoms with Crippen LogP contribution in [0.25, 0.3) is 0 Å². The third kappa shape index (κ3) is 3.29. The van der Waals surface area contributed by atoms with Crippen LogP contribution in [0.3, 0.4) is 0 Å². The average Bonchev–Trinajstić information content (AvgIpc) is 3.03. The molecule has 2 aromatic rings. The molecule has 0 spiro atoms. The van der Waals surface area contributed by atoms with E-state index >= 15 is 0 Å². The summed E-state index contributed by atoms with van der Waals surface area (Å²) >= 11 is 6.00. The molecule has 4 nitrogen and oxygen atoms in total. The van der Waals surface area contributed by atoms with E-state index in [1.807, 2.05) is 12.1 Å². The average molecular weight is 343 g/mol. The van der Waals surface area contributed by atoms with Crippen LogP contribution >= 0.6 is 11.6 Å². The molecule has 1 aliphatic carbocycles. The van der Waals surface area contributed by atoms with E-state index in [1.54, 1.807) is 36.2 Å². The van der Waals surface area contributed by atoms with Crippen LogP contribution in [0.15, 0.2) is 48.5 Å². The monoisotopic (exact) mass is 342 g/mol. The summed E-state index contributed by atoms with van der Waals surface area (Å²) in [6.45, 7) is -0.0424. The topological polar surface area (TPSA) is 49.4 Å². The van der Waals surface area contributed by atoms with Gasteiger partial charge in [0.05, 0.1) is 23.2 Å². The summed E-state index contributed by atoms with van der Waals surface area (Å²) in [6.07, 6.45) is 1.89. The first kappa shape index (κ1) is 16.5. The molecule has 0 saturated carbocycles. The minimum absolute atomic E-state index is 0.0424. The molecule has 2 amide bonds. The van der Waals surface area contributed by atoms with Crippen molar-refractivity contribution in [3.8, 4) is 0 Å². The second-order valence-corrected chi connectivity index (χ2v) is 6.33. The second-order valence-electron chi connectivity index (χ2n) is 5.92. The predicted molar refractivity (Wildman–Crippen MR) is 94.1 cm³/mol. The van der Waals surface area contributed by atoms with E-state index in [0.717, 1.165) is 12.8 Å². The normalized spacial score (nSPS) is 15.7. The van der Waals surface area contributed by atoms with Crippen LogP contribution in [0.4, 0.5) is 0 Å². The van der Waals surface area contributed by atoms with Crippen molar-refractivity contribution in [2.45, 2.75) is 18.9 Å². The first-order valence-electron chi connectivity index (χ1n) is 7.94. The molecular weight excluding hydrogens is 324 g/mol. The molecule has 124 valence electrons. The SMILES string of the molecule is CN(C(=O)CNC(=O)c1ccccc1Cl)C1CCc2ccccc21. The first-order valence-corrected chi connectivity index (χ1v) is 8.32. The largest absolute Gasteiger partial charge is 0.343 e. The Morgan fingerprint density at radius 1 is 1.17 bits per heavy atom. The fourth-order valence-electron chi connectivity index (χ4n) is 3.13. The maximum Gasteiger partial charge on any atom is 0.253 e. The molecule has 0 saturated heterocycles. The Labute approximate surface area is 146 Å². The lowest BCUT2D eigenvalue weighted by molar-refractivity contribution is -0.131. The lowest BCUT2D eigenvalue weighted by atomic mass is 10.1. The van der Waals surface area contributed by atoms with Crippen molar-refractivity contribution in [3.63, 3.8) is 0 Å². The molecule has 0 bridgehead atoms. The highest BCUT2D eigenvalue weighted by Crippen LogP contribution is 2.34. The summed E-state index contributed by atoms with van der Waals surface area (Å²) in [5.41, 5.74) is 2.87. The molecule has 1 unspecified atom stereocenters. The Bertz CT molecular complexity index is 775. The van der Waals surface area contributed by atoms with E-state index in [0.29, 0.717) is 10.6 Å². The van der Waals surface area contributed by atoms with E-state index in [2.05, 4.69) is 17.4 Å². The molecule has 0 aliphatic heterocycles. The number of nitrogens with zero attached hydrogens (tertiary/aromatic N) is 1. The molecular formula is C19H19ClN2O2. The molecule has 1 aliphatic rings. The highest BCUT2D eigenvalue weighted by Gasteiger charge is 2.28. The van der Waals surface area contributed by atoms with Crippen LogP contribution in [0.5, 0.6) is 0 Å². The maximum atomic E-state index is 12.4. The quantitative estimate of drug-likeness (QED) is 0.927. The molecule has 0 fully saturated rings. The highest BCUT2D eigenvalue weighted by molar-refractivity contribution is 6.33. The maximum absolute atomic E-state index is 12.4. The molecule has 3 rings (SSSR count). The van der Waals surface area contributed by atoms with Crippen molar-refractivity contribution in [2.24, 2.45) is 0 Å². The van der Waals surface area contributed by atoms with Gasteiger partial charge in [0, 0.05) is 7.05 Å². The Balaban J connectivity index is 1.62. The van der Waals surface area contributed by atoms with E-state index in [-0.39, 0.29) is 24.4 Å². The summed E-state index contributed by atoms with van der Waals surface area (Å²) in [7, 11) is 1.79. The van der Waals surface area contributed by atoms with Gasteiger partial charge in [-0.3, -0.25) is 9.59 Å². The van der Waals surface area contributed by atoms with Gasteiger partial charge in [-0.25, -0.2) is 0 Å². The number of nitrogens with one attached hydrogen (secondary N) is 1. The van der Waals surface area contributed by atoms with Gasteiger partial charge >= 0.3 is 0 Å². The summed E-state index contributed by atoms with van der Waals surface area (Å²) in [4.78, 5) is 26.3. The zero-order chi connectivity index (χ0) is 17.1. The van der Waals surface area contributed by atoms with Gasteiger partial charge in [0.25, 0.3) is 5.91 Å². The van der Waals surface area contributed by atoms with Crippen molar-refractivity contribution < 1.29 is 9.59 Å².